The highest BCUT2D eigenvalue weighted by atomic mass is 32.1. The molecule has 1 aromatic heterocycles. The molecule has 3 N–H and O–H groups in total. The fourth-order valence-corrected chi connectivity index (χ4v) is 5.27. The van der Waals surface area contributed by atoms with E-state index < -0.39 is 31.8 Å². The summed E-state index contributed by atoms with van der Waals surface area (Å²) in [6.07, 6.45) is -1.04. The summed E-state index contributed by atoms with van der Waals surface area (Å²) in [6, 6.07) is 0.984. The van der Waals surface area contributed by atoms with Gasteiger partial charge in [-0.3, -0.25) is 23.4 Å². The van der Waals surface area contributed by atoms with Gasteiger partial charge < -0.3 is 14.6 Å². The van der Waals surface area contributed by atoms with Gasteiger partial charge in [0.25, 0.3) is 5.56 Å². The van der Waals surface area contributed by atoms with Crippen molar-refractivity contribution in [1.29, 1.82) is 0 Å². The van der Waals surface area contributed by atoms with E-state index in [2.05, 4.69) is 10.1 Å². The van der Waals surface area contributed by atoms with Gasteiger partial charge in [0.2, 0.25) is 0 Å². The minimum atomic E-state index is -3.68. The van der Waals surface area contributed by atoms with E-state index in [1.54, 1.807) is 6.92 Å². The Morgan fingerprint density at radius 3 is 2.89 bits per heavy atom. The van der Waals surface area contributed by atoms with Crippen molar-refractivity contribution < 1.29 is 28.2 Å². The molecule has 0 bridgehead atoms. The third kappa shape index (κ3) is 4.47. The van der Waals surface area contributed by atoms with Crippen LogP contribution in [0.3, 0.4) is 0 Å². The number of rotatable bonds is 6. The molecule has 0 aromatic carbocycles. The summed E-state index contributed by atoms with van der Waals surface area (Å²) in [7, 11) is -3.68. The van der Waals surface area contributed by atoms with E-state index >= 15 is 0 Å². The van der Waals surface area contributed by atoms with Crippen molar-refractivity contribution >= 4 is 20.0 Å². The predicted molar refractivity (Wildman–Crippen MR) is 103 cm³/mol. The molecule has 0 spiro atoms. The first-order valence-electron chi connectivity index (χ1n) is 9.03. The summed E-state index contributed by atoms with van der Waals surface area (Å²) < 4.78 is 37.0. The topological polar surface area (TPSA) is 124 Å². The molecule has 3 heterocycles. The van der Waals surface area contributed by atoms with Crippen molar-refractivity contribution in [1.82, 2.24) is 14.6 Å². The highest BCUT2D eigenvalue weighted by molar-refractivity contribution is 7.71. The molecular weight excluding hydrogens is 409 g/mol. The second-order valence-electron chi connectivity index (χ2n) is 7.50. The number of hydrogen-bond donors (Lipinski definition) is 3. The second kappa shape index (κ2) is 8.08. The third-order valence-corrected chi connectivity index (χ3v) is 6.60. The first-order chi connectivity index (χ1) is 13.0. The average Bonchev–Trinajstić information content (AvgIpc) is 2.83. The molecule has 2 fully saturated rings. The van der Waals surface area contributed by atoms with Crippen molar-refractivity contribution in [3.8, 4) is 0 Å². The summed E-state index contributed by atoms with van der Waals surface area (Å²) in [5, 5.41) is 13.9. The van der Waals surface area contributed by atoms with Crippen LogP contribution < -0.4 is 10.6 Å². The summed E-state index contributed by atoms with van der Waals surface area (Å²) in [4.78, 5) is 13.9. The van der Waals surface area contributed by atoms with Crippen LogP contribution in [0.1, 0.15) is 33.9 Å². The number of H-pyrrole nitrogens is 1. The predicted octanol–water partition coefficient (Wildman–Crippen LogP) is 1.48. The van der Waals surface area contributed by atoms with Gasteiger partial charge in [-0.1, -0.05) is 0 Å². The Morgan fingerprint density at radius 1 is 1.54 bits per heavy atom. The fraction of sp³-hybridized carbons (Fsp3) is 0.750. The Kier molecular flexibility index (Phi) is 6.29. The van der Waals surface area contributed by atoms with E-state index in [4.69, 9.17) is 30.7 Å². The highest BCUT2D eigenvalue weighted by Gasteiger charge is 2.59. The first kappa shape index (κ1) is 21.8. The van der Waals surface area contributed by atoms with E-state index in [-0.39, 0.29) is 29.1 Å². The zero-order chi connectivity index (χ0) is 20.7. The van der Waals surface area contributed by atoms with Gasteiger partial charge in [-0.25, -0.2) is 9.65 Å². The van der Waals surface area contributed by atoms with E-state index in [0.29, 0.717) is 6.61 Å². The van der Waals surface area contributed by atoms with E-state index in [0.717, 1.165) is 0 Å². The van der Waals surface area contributed by atoms with Gasteiger partial charge in [0.05, 0.1) is 19.3 Å². The van der Waals surface area contributed by atoms with Crippen molar-refractivity contribution in [2.24, 2.45) is 0 Å². The van der Waals surface area contributed by atoms with Gasteiger partial charge >= 0.3 is 7.75 Å². The maximum Gasteiger partial charge on any atom is 0.406 e. The molecule has 1 aromatic rings. The number of aliphatic hydroxyl groups is 1. The van der Waals surface area contributed by atoms with Crippen LogP contribution in [0.25, 0.3) is 0 Å². The van der Waals surface area contributed by atoms with Crippen LogP contribution in [-0.4, -0.2) is 57.8 Å². The maximum atomic E-state index is 13.0. The molecule has 28 heavy (non-hydrogen) atoms. The summed E-state index contributed by atoms with van der Waals surface area (Å²) >= 11 is 5.16. The molecule has 2 aliphatic heterocycles. The Morgan fingerprint density at radius 2 is 2.25 bits per heavy atom. The fourth-order valence-electron chi connectivity index (χ4n) is 3.22. The third-order valence-electron chi connectivity index (χ3n) is 4.54. The number of aromatic nitrogens is 2. The van der Waals surface area contributed by atoms with Crippen LogP contribution in [0, 0.1) is 4.77 Å². The van der Waals surface area contributed by atoms with Crippen LogP contribution >= 0.6 is 20.0 Å². The summed E-state index contributed by atoms with van der Waals surface area (Å²) in [6.45, 7) is 7.41. The summed E-state index contributed by atoms with van der Waals surface area (Å²) in [5.41, 5.74) is -1.93. The molecule has 0 amide bonds. The largest absolute Gasteiger partial charge is 0.406 e. The second-order valence-corrected chi connectivity index (χ2v) is 9.61. The number of nitrogens with one attached hydrogen (secondary N) is 2. The molecule has 6 unspecified atom stereocenters. The number of aromatic amines is 1. The molecule has 3 rings (SSSR count). The minimum absolute atomic E-state index is 0.0317. The van der Waals surface area contributed by atoms with Crippen LogP contribution in [0.5, 0.6) is 0 Å². The highest BCUT2D eigenvalue weighted by Crippen LogP contribution is 2.55. The van der Waals surface area contributed by atoms with Crippen molar-refractivity contribution in [3.63, 3.8) is 0 Å². The molecule has 2 saturated heterocycles. The molecule has 10 nitrogen and oxygen atoms in total. The van der Waals surface area contributed by atoms with Crippen LogP contribution in [0.15, 0.2) is 17.1 Å². The molecular formula is C16H26N3O7PS. The van der Waals surface area contributed by atoms with Crippen molar-refractivity contribution in [3.05, 3.63) is 27.4 Å². The standard InChI is InChI=1S/C16H26N3O7PS/c1-9(2)23-7-10(3)18-27(22)24-8-11-13(26-27)16(4,21)14(25-11)19-6-5-12(20)17-15(19)28/h5-6,9-11,13-14,21H,7-8H2,1-4H3,(H,18,22)(H,17,20,28). The first-order valence-corrected chi connectivity index (χ1v) is 11.0. The lowest BCUT2D eigenvalue weighted by atomic mass is 9.96. The lowest BCUT2D eigenvalue weighted by Crippen LogP contribution is -2.49. The SMILES string of the molecule is CC(COC(C)C)NP1(=O)OCC2OC(n3ccc(=O)[nH]c3=S)C(C)(O)C2O1. The van der Waals surface area contributed by atoms with Crippen LogP contribution in [0.4, 0.5) is 0 Å². The van der Waals surface area contributed by atoms with Gasteiger partial charge in [-0.05, 0) is 39.9 Å². The molecule has 0 saturated carbocycles. The number of fused-ring (bicyclic) bond motifs is 1. The zero-order valence-corrected chi connectivity index (χ0v) is 17.9. The van der Waals surface area contributed by atoms with E-state index in [1.165, 1.54) is 23.8 Å². The molecule has 0 radical (unpaired) electrons. The van der Waals surface area contributed by atoms with Crippen molar-refractivity contribution in [2.45, 2.75) is 63.9 Å². The maximum absolute atomic E-state index is 13.0. The molecule has 158 valence electrons. The van der Waals surface area contributed by atoms with Gasteiger partial charge in [-0.2, -0.15) is 0 Å². The smallest absolute Gasteiger partial charge is 0.383 e. The van der Waals surface area contributed by atoms with Gasteiger partial charge in [-0.15, -0.1) is 0 Å². The van der Waals surface area contributed by atoms with Gasteiger partial charge in [0, 0.05) is 18.3 Å². The number of nitrogens with zero attached hydrogens (tertiary/aromatic N) is 1. The molecule has 12 heteroatoms. The Balaban J connectivity index is 1.76. The van der Waals surface area contributed by atoms with Crippen molar-refractivity contribution in [2.75, 3.05) is 13.2 Å². The Hall–Kier alpha value is -0.910. The normalized spacial score (nSPS) is 36.4. The van der Waals surface area contributed by atoms with Gasteiger partial charge in [0.1, 0.15) is 17.8 Å². The molecule has 0 aliphatic carbocycles. The molecule has 2 aliphatic rings. The van der Waals surface area contributed by atoms with Gasteiger partial charge in [0.15, 0.2) is 11.0 Å². The lowest BCUT2D eigenvalue weighted by molar-refractivity contribution is -0.0919. The minimum Gasteiger partial charge on any atom is -0.383 e. The monoisotopic (exact) mass is 435 g/mol. The molecule has 6 atom stereocenters. The summed E-state index contributed by atoms with van der Waals surface area (Å²) in [5.74, 6) is 0. The average molecular weight is 435 g/mol. The number of ether oxygens (including phenoxy) is 2. The Labute approximate surface area is 167 Å². The quantitative estimate of drug-likeness (QED) is 0.450. The van der Waals surface area contributed by atoms with Crippen LogP contribution in [-0.2, 0) is 23.1 Å². The van der Waals surface area contributed by atoms with E-state index in [9.17, 15) is 14.5 Å². The Bertz CT molecular complexity index is 870. The number of hydrogen-bond acceptors (Lipinski definition) is 8. The zero-order valence-electron chi connectivity index (χ0n) is 16.2. The van der Waals surface area contributed by atoms with E-state index in [1.807, 2.05) is 13.8 Å². The lowest BCUT2D eigenvalue weighted by Gasteiger charge is -2.36. The van der Waals surface area contributed by atoms with Crippen LogP contribution in [0.2, 0.25) is 0 Å².